The van der Waals surface area contributed by atoms with E-state index >= 15 is 0 Å². The van der Waals surface area contributed by atoms with Crippen LogP contribution in [0.2, 0.25) is 0 Å². The van der Waals surface area contributed by atoms with Crippen molar-refractivity contribution in [2.75, 3.05) is 6.61 Å². The number of hydrogen-bond donors (Lipinski definition) is 0. The van der Waals surface area contributed by atoms with E-state index in [1.165, 1.54) is 10.8 Å². The van der Waals surface area contributed by atoms with Crippen molar-refractivity contribution < 1.29 is 9.53 Å². The summed E-state index contributed by atoms with van der Waals surface area (Å²) in [5.41, 5.74) is 2.19. The monoisotopic (exact) mass is 305 g/mol. The van der Waals surface area contributed by atoms with Gasteiger partial charge >= 0.3 is 0 Å². The predicted octanol–water partition coefficient (Wildman–Crippen LogP) is 2.68. The summed E-state index contributed by atoms with van der Waals surface area (Å²) < 4.78 is 7.50. The lowest BCUT2D eigenvalue weighted by Gasteiger charge is -2.18. The van der Waals surface area contributed by atoms with Crippen LogP contribution in [0.1, 0.15) is 34.6 Å². The molecule has 1 aliphatic heterocycles. The molecule has 1 aromatic heterocycles. The molecule has 0 amide bonds. The Morgan fingerprint density at radius 2 is 2.00 bits per heavy atom. The van der Waals surface area contributed by atoms with Gasteiger partial charge in [-0.2, -0.15) is 0 Å². The van der Waals surface area contributed by atoms with E-state index < -0.39 is 0 Å². The predicted molar refractivity (Wildman–Crippen MR) is 84.3 cm³/mol. The second kappa shape index (κ2) is 4.49. The fourth-order valence-electron chi connectivity index (χ4n) is 3.49. The molecule has 5 heteroatoms. The summed E-state index contributed by atoms with van der Waals surface area (Å²) in [4.78, 5) is 12.1. The van der Waals surface area contributed by atoms with Gasteiger partial charge in [0.2, 0.25) is 0 Å². The van der Waals surface area contributed by atoms with Crippen LogP contribution in [-0.4, -0.2) is 27.4 Å². The summed E-state index contributed by atoms with van der Waals surface area (Å²) in [6, 6.07) is 14.6. The van der Waals surface area contributed by atoms with Gasteiger partial charge in [0.25, 0.3) is 0 Å². The first-order valence-electron chi connectivity index (χ1n) is 7.84. The number of ketones is 1. The average Bonchev–Trinajstić information content (AvgIpc) is 3.22. The molecule has 23 heavy (non-hydrogen) atoms. The van der Waals surface area contributed by atoms with E-state index in [0.717, 1.165) is 17.7 Å². The van der Waals surface area contributed by atoms with Crippen molar-refractivity contribution in [1.82, 2.24) is 15.0 Å². The molecule has 5 rings (SSSR count). The number of rotatable bonds is 2. The Morgan fingerprint density at radius 3 is 2.83 bits per heavy atom. The number of ether oxygens (including phenoxy) is 1. The number of aromatic nitrogens is 3. The molecule has 3 aromatic rings. The third-order valence-electron chi connectivity index (χ3n) is 4.83. The Balaban J connectivity index is 1.57. The first-order valence-corrected chi connectivity index (χ1v) is 7.84. The standard InChI is InChI=1S/C18H15N3O2/c22-15-7-8-18(11-23-18)17-16(15)19-20-21(17)10-12-5-6-13-3-1-2-4-14(13)9-12/h1-6,9H,7-8,10-11H2. The Morgan fingerprint density at radius 1 is 1.17 bits per heavy atom. The van der Waals surface area contributed by atoms with Crippen molar-refractivity contribution in [1.29, 1.82) is 0 Å². The highest BCUT2D eigenvalue weighted by molar-refractivity contribution is 5.96. The van der Waals surface area contributed by atoms with Crippen molar-refractivity contribution in [3.63, 3.8) is 0 Å². The highest BCUT2D eigenvalue weighted by atomic mass is 16.6. The van der Waals surface area contributed by atoms with Gasteiger partial charge in [0, 0.05) is 6.42 Å². The molecule has 1 unspecified atom stereocenters. The first-order chi connectivity index (χ1) is 11.3. The van der Waals surface area contributed by atoms with Crippen molar-refractivity contribution >= 4 is 16.6 Å². The number of carbonyl (C=O) groups excluding carboxylic acids is 1. The van der Waals surface area contributed by atoms with E-state index in [0.29, 0.717) is 25.3 Å². The lowest BCUT2D eigenvalue weighted by Crippen LogP contribution is -2.25. The molecule has 1 fully saturated rings. The molecule has 2 aliphatic rings. The van der Waals surface area contributed by atoms with Crippen LogP contribution in [0.3, 0.4) is 0 Å². The third-order valence-corrected chi connectivity index (χ3v) is 4.83. The zero-order chi connectivity index (χ0) is 15.4. The lowest BCUT2D eigenvalue weighted by molar-refractivity contribution is 0.0939. The van der Waals surface area contributed by atoms with Gasteiger partial charge in [-0.05, 0) is 28.8 Å². The van der Waals surface area contributed by atoms with Crippen LogP contribution in [0, 0.1) is 0 Å². The fourth-order valence-corrected chi connectivity index (χ4v) is 3.49. The number of epoxide rings is 1. The van der Waals surface area contributed by atoms with Gasteiger partial charge in [-0.15, -0.1) is 5.10 Å². The molecule has 0 bridgehead atoms. The molecule has 2 heterocycles. The van der Waals surface area contributed by atoms with Crippen molar-refractivity contribution in [3.8, 4) is 0 Å². The third kappa shape index (κ3) is 1.93. The number of nitrogens with zero attached hydrogens (tertiary/aromatic N) is 3. The number of carbonyl (C=O) groups is 1. The van der Waals surface area contributed by atoms with E-state index in [4.69, 9.17) is 4.74 Å². The Hall–Kier alpha value is -2.53. The second-order valence-corrected chi connectivity index (χ2v) is 6.33. The van der Waals surface area contributed by atoms with Gasteiger partial charge < -0.3 is 4.74 Å². The van der Waals surface area contributed by atoms with Crippen LogP contribution in [0.4, 0.5) is 0 Å². The van der Waals surface area contributed by atoms with Crippen LogP contribution in [-0.2, 0) is 16.9 Å². The summed E-state index contributed by atoms with van der Waals surface area (Å²) in [7, 11) is 0. The van der Waals surface area contributed by atoms with E-state index in [1.54, 1.807) is 0 Å². The number of hydrogen-bond acceptors (Lipinski definition) is 4. The van der Waals surface area contributed by atoms with Crippen molar-refractivity contribution in [2.24, 2.45) is 0 Å². The van der Waals surface area contributed by atoms with Crippen LogP contribution >= 0.6 is 0 Å². The Kier molecular flexibility index (Phi) is 2.53. The molecule has 0 saturated carbocycles. The van der Waals surface area contributed by atoms with E-state index in [2.05, 4.69) is 40.6 Å². The maximum atomic E-state index is 12.1. The maximum Gasteiger partial charge on any atom is 0.185 e. The normalized spacial score (nSPS) is 22.5. The topological polar surface area (TPSA) is 60.3 Å². The molecule has 5 nitrogen and oxygen atoms in total. The molecule has 2 aromatic carbocycles. The molecular weight excluding hydrogens is 290 g/mol. The molecule has 1 spiro atoms. The summed E-state index contributed by atoms with van der Waals surface area (Å²) >= 11 is 0. The molecule has 1 atom stereocenters. The smallest absolute Gasteiger partial charge is 0.185 e. The number of fused-ring (bicyclic) bond motifs is 3. The van der Waals surface area contributed by atoms with Crippen LogP contribution in [0.5, 0.6) is 0 Å². The largest absolute Gasteiger partial charge is 0.363 e. The average molecular weight is 305 g/mol. The van der Waals surface area contributed by atoms with E-state index in [1.807, 2.05) is 16.8 Å². The fraction of sp³-hybridized carbons (Fsp3) is 0.278. The molecular formula is C18H15N3O2. The van der Waals surface area contributed by atoms with Crippen molar-refractivity contribution in [2.45, 2.75) is 25.0 Å². The number of Topliss-reactive ketones (excluding diaryl/α,β-unsaturated/α-hetero) is 1. The summed E-state index contributed by atoms with van der Waals surface area (Å²) in [6.45, 7) is 1.27. The molecule has 1 aliphatic carbocycles. The summed E-state index contributed by atoms with van der Waals surface area (Å²) in [6.07, 6.45) is 1.24. The highest BCUT2D eigenvalue weighted by Gasteiger charge is 2.54. The summed E-state index contributed by atoms with van der Waals surface area (Å²) in [5, 5.41) is 10.8. The SMILES string of the molecule is O=C1CCC2(CO2)c2c1nnn2Cc1ccc2ccccc2c1. The minimum atomic E-state index is -0.316. The highest BCUT2D eigenvalue weighted by Crippen LogP contribution is 2.47. The molecule has 114 valence electrons. The number of benzene rings is 2. The van der Waals surface area contributed by atoms with Gasteiger partial charge in [-0.25, -0.2) is 4.68 Å². The van der Waals surface area contributed by atoms with Gasteiger partial charge in [0.05, 0.1) is 13.2 Å². The van der Waals surface area contributed by atoms with E-state index in [-0.39, 0.29) is 11.4 Å². The zero-order valence-electron chi connectivity index (χ0n) is 12.5. The Labute approximate surface area is 132 Å². The van der Waals surface area contributed by atoms with Gasteiger partial charge in [-0.3, -0.25) is 4.79 Å². The van der Waals surface area contributed by atoms with Gasteiger partial charge in [0.15, 0.2) is 11.5 Å². The summed E-state index contributed by atoms with van der Waals surface area (Å²) in [5.74, 6) is 0.0749. The second-order valence-electron chi connectivity index (χ2n) is 6.33. The van der Waals surface area contributed by atoms with Gasteiger partial charge in [0.1, 0.15) is 11.3 Å². The minimum Gasteiger partial charge on any atom is -0.363 e. The maximum absolute atomic E-state index is 12.1. The quantitative estimate of drug-likeness (QED) is 0.683. The zero-order valence-corrected chi connectivity index (χ0v) is 12.5. The molecule has 0 radical (unpaired) electrons. The van der Waals surface area contributed by atoms with E-state index in [9.17, 15) is 4.79 Å². The molecule has 1 saturated heterocycles. The van der Waals surface area contributed by atoms with Crippen LogP contribution < -0.4 is 0 Å². The van der Waals surface area contributed by atoms with Crippen LogP contribution in [0.25, 0.3) is 10.8 Å². The first kappa shape index (κ1) is 13.0. The van der Waals surface area contributed by atoms with Gasteiger partial charge in [-0.1, -0.05) is 41.6 Å². The van der Waals surface area contributed by atoms with Crippen molar-refractivity contribution in [3.05, 3.63) is 59.4 Å². The van der Waals surface area contributed by atoms with Crippen LogP contribution in [0.15, 0.2) is 42.5 Å². The molecule has 0 N–H and O–H groups in total. The minimum absolute atomic E-state index is 0.0749. The Bertz CT molecular complexity index is 940. The lowest BCUT2D eigenvalue weighted by atomic mass is 9.89.